The van der Waals surface area contributed by atoms with E-state index < -0.39 is 0 Å². The zero-order valence-corrected chi connectivity index (χ0v) is 12.5. The van der Waals surface area contributed by atoms with Crippen LogP contribution in [0.5, 0.6) is 0 Å². The van der Waals surface area contributed by atoms with Gasteiger partial charge < -0.3 is 9.47 Å². The van der Waals surface area contributed by atoms with Crippen molar-refractivity contribution in [3.8, 4) is 0 Å². The van der Waals surface area contributed by atoms with Crippen LogP contribution in [0.4, 0.5) is 0 Å². The number of nitrogens with zero attached hydrogens (tertiary/aromatic N) is 3. The number of hydrogen-bond acceptors (Lipinski definition) is 4. The van der Waals surface area contributed by atoms with E-state index in [1.54, 1.807) is 0 Å². The number of carbonyl (C=O) groups excluding carboxylic acids is 2. The predicted octanol–water partition coefficient (Wildman–Crippen LogP) is 2.18. The number of allylic oxidation sites excluding steroid dienone is 2. The first-order valence-electron chi connectivity index (χ1n) is 7.91. The van der Waals surface area contributed by atoms with E-state index >= 15 is 0 Å². The van der Waals surface area contributed by atoms with Gasteiger partial charge in [-0.25, -0.2) is 0 Å². The third kappa shape index (κ3) is 1.59. The van der Waals surface area contributed by atoms with Gasteiger partial charge in [-0.3, -0.25) is 14.6 Å². The van der Waals surface area contributed by atoms with Crippen molar-refractivity contribution >= 4 is 34.4 Å². The van der Waals surface area contributed by atoms with E-state index in [-0.39, 0.29) is 17.6 Å². The summed E-state index contributed by atoms with van der Waals surface area (Å²) in [5, 5.41) is 1.09. The van der Waals surface area contributed by atoms with E-state index in [2.05, 4.69) is 22.0 Å². The van der Waals surface area contributed by atoms with Crippen LogP contribution in [0.25, 0.3) is 16.6 Å². The normalized spacial score (nSPS) is 23.1. The maximum absolute atomic E-state index is 12.6. The largest absolute Gasteiger partial charge is 0.359 e. The Kier molecular flexibility index (Phi) is 2.46. The molecule has 3 aliphatic rings. The van der Waals surface area contributed by atoms with Gasteiger partial charge in [-0.05, 0) is 12.5 Å². The highest BCUT2D eigenvalue weighted by atomic mass is 16.2. The molecule has 0 N–H and O–H groups in total. The molecular formula is C18H15N3O2. The van der Waals surface area contributed by atoms with Gasteiger partial charge in [-0.1, -0.05) is 18.2 Å². The standard InChI is InChI=1S/C18H15N3O2/c22-15-5-4-13-17(18(15)23)21-8-6-11-2-1-3-12(16(11)21)14-10-19-7-9-20(13)14/h1-3,6-8,14H,4-5,9-10H2. The number of hydrogen-bond donors (Lipinski definition) is 0. The van der Waals surface area contributed by atoms with Crippen LogP contribution in [0.15, 0.2) is 41.2 Å². The summed E-state index contributed by atoms with van der Waals surface area (Å²) in [6.45, 7) is 1.37. The fourth-order valence-corrected chi connectivity index (χ4v) is 4.04. The Bertz CT molecular complexity index is 935. The number of rotatable bonds is 0. The van der Waals surface area contributed by atoms with Gasteiger partial charge >= 0.3 is 0 Å². The van der Waals surface area contributed by atoms with E-state index in [1.165, 1.54) is 5.56 Å². The number of ketones is 2. The molecule has 1 atom stereocenters. The molecule has 0 radical (unpaired) electrons. The Hall–Kier alpha value is -2.69. The average molecular weight is 305 g/mol. The van der Waals surface area contributed by atoms with Gasteiger partial charge in [0.25, 0.3) is 0 Å². The van der Waals surface area contributed by atoms with Crippen molar-refractivity contribution in [1.82, 2.24) is 9.47 Å². The zero-order chi connectivity index (χ0) is 15.6. The number of fused-ring (bicyclic) bond motifs is 4. The SMILES string of the molecule is O=C1CCC2=C(C1=O)n1ccc3cccc(c31)C1CN=CCN21. The van der Waals surface area contributed by atoms with Crippen LogP contribution in [0.2, 0.25) is 0 Å². The number of para-hydroxylation sites is 1. The molecule has 5 rings (SSSR count). The van der Waals surface area contributed by atoms with Gasteiger partial charge in [0.15, 0.2) is 0 Å². The van der Waals surface area contributed by atoms with Gasteiger partial charge in [0.2, 0.25) is 11.6 Å². The van der Waals surface area contributed by atoms with Crippen molar-refractivity contribution in [2.75, 3.05) is 13.1 Å². The smallest absolute Gasteiger partial charge is 0.247 e. The molecule has 1 aromatic carbocycles. The zero-order valence-electron chi connectivity index (χ0n) is 12.5. The van der Waals surface area contributed by atoms with Crippen molar-refractivity contribution in [2.24, 2.45) is 4.99 Å². The highest BCUT2D eigenvalue weighted by Gasteiger charge is 2.38. The minimum atomic E-state index is -0.360. The number of aliphatic imine (C=N–C) groups is 1. The van der Waals surface area contributed by atoms with E-state index in [0.29, 0.717) is 31.6 Å². The maximum Gasteiger partial charge on any atom is 0.247 e. The van der Waals surface area contributed by atoms with E-state index in [1.807, 2.05) is 29.1 Å². The van der Waals surface area contributed by atoms with Crippen molar-refractivity contribution < 1.29 is 9.59 Å². The Morgan fingerprint density at radius 2 is 2.04 bits per heavy atom. The van der Waals surface area contributed by atoms with E-state index in [9.17, 15) is 9.59 Å². The molecular weight excluding hydrogens is 290 g/mol. The van der Waals surface area contributed by atoms with Gasteiger partial charge in [0.1, 0.15) is 5.70 Å². The molecule has 5 nitrogen and oxygen atoms in total. The molecule has 0 saturated heterocycles. The van der Waals surface area contributed by atoms with Gasteiger partial charge in [0.05, 0.1) is 24.6 Å². The molecule has 2 aliphatic heterocycles. The van der Waals surface area contributed by atoms with Crippen molar-refractivity contribution in [3.05, 3.63) is 41.7 Å². The molecule has 0 amide bonds. The second-order valence-corrected chi connectivity index (χ2v) is 6.23. The fraction of sp³-hybridized carbons (Fsp3) is 0.278. The Morgan fingerprint density at radius 3 is 2.96 bits per heavy atom. The van der Waals surface area contributed by atoms with Crippen molar-refractivity contribution in [3.63, 3.8) is 0 Å². The van der Waals surface area contributed by atoms with E-state index in [0.717, 1.165) is 16.6 Å². The molecule has 0 spiro atoms. The van der Waals surface area contributed by atoms with Crippen LogP contribution in [0.3, 0.4) is 0 Å². The summed E-state index contributed by atoms with van der Waals surface area (Å²) in [6, 6.07) is 8.35. The highest BCUT2D eigenvalue weighted by Crippen LogP contribution is 2.41. The van der Waals surface area contributed by atoms with Crippen LogP contribution in [-0.4, -0.2) is 40.3 Å². The van der Waals surface area contributed by atoms with Crippen LogP contribution in [0.1, 0.15) is 24.4 Å². The maximum atomic E-state index is 12.6. The topological polar surface area (TPSA) is 54.7 Å². The summed E-state index contributed by atoms with van der Waals surface area (Å²) in [7, 11) is 0. The summed E-state index contributed by atoms with van der Waals surface area (Å²) in [6.07, 6.45) is 4.75. The highest BCUT2D eigenvalue weighted by molar-refractivity contribution is 6.53. The van der Waals surface area contributed by atoms with Crippen LogP contribution < -0.4 is 0 Å². The summed E-state index contributed by atoms with van der Waals surface area (Å²) < 4.78 is 1.93. The molecule has 1 unspecified atom stereocenters. The van der Waals surface area contributed by atoms with Gasteiger partial charge in [0, 0.05) is 35.5 Å². The minimum absolute atomic E-state index is 0.130. The minimum Gasteiger partial charge on any atom is -0.359 e. The Labute approximate surface area is 132 Å². The Morgan fingerprint density at radius 1 is 1.13 bits per heavy atom. The third-order valence-electron chi connectivity index (χ3n) is 5.08. The molecule has 0 bridgehead atoms. The quantitative estimate of drug-likeness (QED) is 0.701. The lowest BCUT2D eigenvalue weighted by atomic mass is 9.96. The molecule has 0 fully saturated rings. The predicted molar refractivity (Wildman–Crippen MR) is 87.2 cm³/mol. The molecule has 5 heteroatoms. The molecule has 3 heterocycles. The molecule has 0 saturated carbocycles. The lowest BCUT2D eigenvalue weighted by Crippen LogP contribution is -2.37. The van der Waals surface area contributed by atoms with Crippen molar-refractivity contribution in [1.29, 1.82) is 0 Å². The van der Waals surface area contributed by atoms with Crippen LogP contribution in [0, 0.1) is 0 Å². The number of aromatic nitrogens is 1. The molecule has 2 aromatic rings. The van der Waals surface area contributed by atoms with Crippen LogP contribution in [-0.2, 0) is 9.59 Å². The van der Waals surface area contributed by atoms with Gasteiger partial charge in [-0.2, -0.15) is 0 Å². The third-order valence-corrected chi connectivity index (χ3v) is 5.08. The average Bonchev–Trinajstić information content (AvgIpc) is 2.96. The first-order valence-corrected chi connectivity index (χ1v) is 7.91. The Balaban J connectivity index is 1.90. The molecule has 23 heavy (non-hydrogen) atoms. The van der Waals surface area contributed by atoms with Gasteiger partial charge in [-0.15, -0.1) is 0 Å². The first-order chi connectivity index (χ1) is 11.3. The molecule has 114 valence electrons. The number of Topliss-reactive ketones (excluding diaryl/α,β-unsaturated/α-hetero) is 2. The lowest BCUT2D eigenvalue weighted by Gasteiger charge is -2.36. The second-order valence-electron chi connectivity index (χ2n) is 6.23. The summed E-state index contributed by atoms with van der Waals surface area (Å²) >= 11 is 0. The summed E-state index contributed by atoms with van der Waals surface area (Å²) in [4.78, 5) is 31.4. The van der Waals surface area contributed by atoms with Crippen LogP contribution >= 0.6 is 0 Å². The molecule has 1 aromatic heterocycles. The first kappa shape index (κ1) is 12.8. The number of benzene rings is 1. The van der Waals surface area contributed by atoms with E-state index in [4.69, 9.17) is 0 Å². The summed E-state index contributed by atoms with van der Waals surface area (Å²) in [5.41, 5.74) is 3.74. The fourth-order valence-electron chi connectivity index (χ4n) is 4.04. The second kappa shape index (κ2) is 4.41. The number of carbonyl (C=O) groups is 2. The monoisotopic (exact) mass is 305 g/mol. The lowest BCUT2D eigenvalue weighted by molar-refractivity contribution is -0.134. The van der Waals surface area contributed by atoms with Crippen molar-refractivity contribution in [2.45, 2.75) is 18.9 Å². The molecule has 1 aliphatic carbocycles. The summed E-state index contributed by atoms with van der Waals surface area (Å²) in [5.74, 6) is -0.645.